The van der Waals surface area contributed by atoms with Gasteiger partial charge in [-0.2, -0.15) is 5.10 Å². The molecule has 1 aliphatic heterocycles. The quantitative estimate of drug-likeness (QED) is 0.757. The molecule has 28 heavy (non-hydrogen) atoms. The summed E-state index contributed by atoms with van der Waals surface area (Å²) in [5.74, 6) is 0.739. The van der Waals surface area contributed by atoms with Crippen molar-refractivity contribution in [3.63, 3.8) is 0 Å². The number of ether oxygens (including phenoxy) is 1. The molecule has 1 fully saturated rings. The number of methoxy groups -OCH3 is 1. The van der Waals surface area contributed by atoms with Gasteiger partial charge in [0.05, 0.1) is 12.8 Å². The summed E-state index contributed by atoms with van der Waals surface area (Å²) in [6, 6.07) is 11.5. The third kappa shape index (κ3) is 3.55. The average molecular weight is 377 g/mol. The minimum atomic E-state index is -0.0206. The molecule has 3 aromatic rings. The first kappa shape index (κ1) is 18.0. The highest BCUT2D eigenvalue weighted by molar-refractivity contribution is 5.93. The van der Waals surface area contributed by atoms with Gasteiger partial charge in [0, 0.05) is 49.8 Å². The zero-order valence-corrected chi connectivity index (χ0v) is 16.1. The molecule has 0 spiro atoms. The number of anilines is 1. The number of aromatic amines is 1. The van der Waals surface area contributed by atoms with Crippen LogP contribution in [0.1, 0.15) is 16.1 Å². The van der Waals surface area contributed by atoms with E-state index in [0.29, 0.717) is 18.8 Å². The standard InChI is InChI=1S/C21H23N5O2/c1-15-14-22-7-6-20(15)25-8-10-26(11-9-25)21(27)19-13-18(23-24-19)16-4-3-5-17(12-16)28-2/h3-7,12-14H,8-11H2,1-2H3,(H,23,24). The zero-order chi connectivity index (χ0) is 19.5. The monoisotopic (exact) mass is 377 g/mol. The van der Waals surface area contributed by atoms with Crippen LogP contribution in [0, 0.1) is 6.92 Å². The van der Waals surface area contributed by atoms with Gasteiger partial charge < -0.3 is 14.5 Å². The van der Waals surface area contributed by atoms with Crippen LogP contribution in [0.5, 0.6) is 5.75 Å². The largest absolute Gasteiger partial charge is 0.497 e. The van der Waals surface area contributed by atoms with Crippen molar-refractivity contribution < 1.29 is 9.53 Å². The van der Waals surface area contributed by atoms with Crippen LogP contribution in [0.25, 0.3) is 11.3 Å². The first-order chi connectivity index (χ1) is 13.7. The molecule has 3 heterocycles. The second-order valence-electron chi connectivity index (χ2n) is 6.84. The van der Waals surface area contributed by atoms with E-state index >= 15 is 0 Å². The summed E-state index contributed by atoms with van der Waals surface area (Å²) >= 11 is 0. The Kier molecular flexibility index (Phi) is 4.97. The Bertz CT molecular complexity index is 976. The Morgan fingerprint density at radius 2 is 1.96 bits per heavy atom. The molecule has 7 heteroatoms. The molecule has 1 saturated heterocycles. The van der Waals surface area contributed by atoms with Crippen LogP contribution < -0.4 is 9.64 Å². The maximum Gasteiger partial charge on any atom is 0.272 e. The second-order valence-corrected chi connectivity index (χ2v) is 6.84. The van der Waals surface area contributed by atoms with Crippen LogP contribution in [0.2, 0.25) is 0 Å². The van der Waals surface area contributed by atoms with E-state index in [9.17, 15) is 4.79 Å². The molecule has 0 bridgehead atoms. The number of benzene rings is 1. The van der Waals surface area contributed by atoms with E-state index in [2.05, 4.69) is 27.0 Å². The van der Waals surface area contributed by atoms with Gasteiger partial charge in [-0.1, -0.05) is 12.1 Å². The van der Waals surface area contributed by atoms with Crippen molar-refractivity contribution in [1.82, 2.24) is 20.1 Å². The molecule has 1 aliphatic rings. The Balaban J connectivity index is 1.43. The summed E-state index contributed by atoms with van der Waals surface area (Å²) in [5, 5.41) is 7.19. The Labute approximate surface area is 164 Å². The second kappa shape index (κ2) is 7.72. The lowest BCUT2D eigenvalue weighted by Gasteiger charge is -2.36. The molecule has 1 amide bonds. The molecular weight excluding hydrogens is 354 g/mol. The van der Waals surface area contributed by atoms with Crippen LogP contribution in [0.15, 0.2) is 48.8 Å². The molecule has 0 saturated carbocycles. The van der Waals surface area contributed by atoms with Gasteiger partial charge in [0.2, 0.25) is 0 Å². The highest BCUT2D eigenvalue weighted by Gasteiger charge is 2.24. The van der Waals surface area contributed by atoms with Crippen LogP contribution >= 0.6 is 0 Å². The number of hydrogen-bond donors (Lipinski definition) is 1. The third-order valence-electron chi connectivity index (χ3n) is 5.07. The number of aryl methyl sites for hydroxylation is 1. The first-order valence-corrected chi connectivity index (χ1v) is 9.30. The van der Waals surface area contributed by atoms with Gasteiger partial charge in [-0.15, -0.1) is 0 Å². The third-order valence-corrected chi connectivity index (χ3v) is 5.07. The van der Waals surface area contributed by atoms with Gasteiger partial charge in [0.15, 0.2) is 0 Å². The van der Waals surface area contributed by atoms with E-state index in [1.54, 1.807) is 13.2 Å². The molecule has 1 N–H and O–H groups in total. The number of piperazine rings is 1. The number of nitrogens with zero attached hydrogens (tertiary/aromatic N) is 4. The predicted molar refractivity (Wildman–Crippen MR) is 108 cm³/mol. The molecule has 0 radical (unpaired) electrons. The summed E-state index contributed by atoms with van der Waals surface area (Å²) < 4.78 is 5.26. The van der Waals surface area contributed by atoms with Crippen LogP contribution in [-0.2, 0) is 0 Å². The highest BCUT2D eigenvalue weighted by atomic mass is 16.5. The Morgan fingerprint density at radius 3 is 2.71 bits per heavy atom. The summed E-state index contributed by atoms with van der Waals surface area (Å²) in [7, 11) is 1.63. The Morgan fingerprint density at radius 1 is 1.14 bits per heavy atom. The van der Waals surface area contributed by atoms with Crippen molar-refractivity contribution in [3.8, 4) is 17.0 Å². The lowest BCUT2D eigenvalue weighted by Crippen LogP contribution is -2.49. The maximum absolute atomic E-state index is 12.9. The summed E-state index contributed by atoms with van der Waals surface area (Å²) in [4.78, 5) is 21.2. The fourth-order valence-electron chi connectivity index (χ4n) is 3.50. The van der Waals surface area contributed by atoms with Gasteiger partial charge in [-0.3, -0.25) is 14.9 Å². The number of H-pyrrole nitrogens is 1. The van der Waals surface area contributed by atoms with Gasteiger partial charge >= 0.3 is 0 Å². The molecular formula is C21H23N5O2. The van der Waals surface area contributed by atoms with Crippen LogP contribution in [-0.4, -0.2) is 59.3 Å². The van der Waals surface area contributed by atoms with Crippen molar-refractivity contribution in [2.45, 2.75) is 6.92 Å². The first-order valence-electron chi connectivity index (χ1n) is 9.30. The molecule has 4 rings (SSSR count). The van der Waals surface area contributed by atoms with Crippen molar-refractivity contribution in [1.29, 1.82) is 0 Å². The topological polar surface area (TPSA) is 74.3 Å². The van der Waals surface area contributed by atoms with Gasteiger partial charge in [0.25, 0.3) is 5.91 Å². The maximum atomic E-state index is 12.9. The average Bonchev–Trinajstić information content (AvgIpc) is 3.24. The fraction of sp³-hybridized carbons (Fsp3) is 0.286. The van der Waals surface area contributed by atoms with E-state index in [1.165, 1.54) is 5.69 Å². The smallest absolute Gasteiger partial charge is 0.272 e. The highest BCUT2D eigenvalue weighted by Crippen LogP contribution is 2.24. The number of amides is 1. The van der Waals surface area contributed by atoms with E-state index in [0.717, 1.165) is 35.7 Å². The number of nitrogens with one attached hydrogen (secondary N) is 1. The Hall–Kier alpha value is -3.35. The van der Waals surface area contributed by atoms with Crippen LogP contribution in [0.3, 0.4) is 0 Å². The summed E-state index contributed by atoms with van der Waals surface area (Å²) in [6.07, 6.45) is 3.68. The van der Waals surface area contributed by atoms with Gasteiger partial charge in [-0.05, 0) is 36.8 Å². The minimum Gasteiger partial charge on any atom is -0.497 e. The van der Waals surface area contributed by atoms with Crippen molar-refractivity contribution in [2.24, 2.45) is 0 Å². The summed E-state index contributed by atoms with van der Waals surface area (Å²) in [6.45, 7) is 5.01. The number of carbonyl (C=O) groups excluding carboxylic acids is 1. The molecule has 1 aromatic carbocycles. The van der Waals surface area contributed by atoms with Gasteiger partial charge in [0.1, 0.15) is 11.4 Å². The van der Waals surface area contributed by atoms with Gasteiger partial charge in [-0.25, -0.2) is 0 Å². The molecule has 7 nitrogen and oxygen atoms in total. The number of hydrogen-bond acceptors (Lipinski definition) is 5. The lowest BCUT2D eigenvalue weighted by atomic mass is 10.1. The molecule has 0 atom stereocenters. The normalized spacial score (nSPS) is 14.2. The fourth-order valence-corrected chi connectivity index (χ4v) is 3.50. The predicted octanol–water partition coefficient (Wildman–Crippen LogP) is 2.75. The SMILES string of the molecule is COc1cccc(-c2cc(C(=O)N3CCN(c4ccncc4C)CC3)[nH]n2)c1. The van der Waals surface area contributed by atoms with E-state index in [1.807, 2.05) is 47.6 Å². The van der Waals surface area contributed by atoms with Crippen molar-refractivity contribution >= 4 is 11.6 Å². The molecule has 0 aliphatic carbocycles. The number of aromatic nitrogens is 3. The number of carbonyl (C=O) groups is 1. The number of rotatable bonds is 4. The zero-order valence-electron chi connectivity index (χ0n) is 16.1. The molecule has 0 unspecified atom stereocenters. The van der Waals surface area contributed by atoms with Crippen LogP contribution in [0.4, 0.5) is 5.69 Å². The number of pyridine rings is 1. The van der Waals surface area contributed by atoms with Crippen molar-refractivity contribution in [2.75, 3.05) is 38.2 Å². The minimum absolute atomic E-state index is 0.0206. The summed E-state index contributed by atoms with van der Waals surface area (Å²) in [5.41, 5.74) is 4.48. The molecule has 144 valence electrons. The van der Waals surface area contributed by atoms with E-state index < -0.39 is 0 Å². The molecule has 2 aromatic heterocycles. The van der Waals surface area contributed by atoms with E-state index in [-0.39, 0.29) is 5.91 Å². The van der Waals surface area contributed by atoms with E-state index in [4.69, 9.17) is 4.74 Å². The lowest BCUT2D eigenvalue weighted by molar-refractivity contribution is 0.0741. The van der Waals surface area contributed by atoms with Crippen molar-refractivity contribution in [3.05, 3.63) is 60.0 Å².